The molecule has 2 rings (SSSR count). The molecule has 0 bridgehead atoms. The van der Waals surface area contributed by atoms with Gasteiger partial charge >= 0.3 is 0 Å². The van der Waals surface area contributed by atoms with Crippen LogP contribution in [0, 0.1) is 0 Å². The molecule has 1 aromatic heterocycles. The number of benzene rings is 1. The highest BCUT2D eigenvalue weighted by atomic mass is 16.5. The van der Waals surface area contributed by atoms with Crippen LogP contribution in [0.4, 0.5) is 0 Å². The zero-order chi connectivity index (χ0) is 12.3. The van der Waals surface area contributed by atoms with E-state index in [1.807, 2.05) is 24.3 Å². The molecule has 0 atom stereocenters. The first kappa shape index (κ1) is 11.3. The number of hydrogen-bond donors (Lipinski definition) is 2. The minimum Gasteiger partial charge on any atom is -0.497 e. The fourth-order valence-electron chi connectivity index (χ4n) is 1.50. The summed E-state index contributed by atoms with van der Waals surface area (Å²) in [4.78, 5) is 18.3. The van der Waals surface area contributed by atoms with Crippen molar-refractivity contribution in [1.29, 1.82) is 0 Å². The first-order chi connectivity index (χ1) is 8.22. The van der Waals surface area contributed by atoms with E-state index < -0.39 is 0 Å². The Morgan fingerprint density at radius 3 is 2.65 bits per heavy atom. The van der Waals surface area contributed by atoms with Crippen LogP contribution >= 0.6 is 0 Å². The molecule has 3 N–H and O–H groups in total. The summed E-state index contributed by atoms with van der Waals surface area (Å²) in [6.45, 7) is 0.243. The molecule has 0 aliphatic heterocycles. The third-order valence-electron chi connectivity index (χ3n) is 2.37. The van der Waals surface area contributed by atoms with Crippen molar-refractivity contribution in [3.63, 3.8) is 0 Å². The highest BCUT2D eigenvalue weighted by Crippen LogP contribution is 2.18. The highest BCUT2D eigenvalue weighted by Gasteiger charge is 2.03. The summed E-state index contributed by atoms with van der Waals surface area (Å²) in [6.07, 6.45) is 0. The van der Waals surface area contributed by atoms with Gasteiger partial charge in [-0.15, -0.1) is 0 Å². The Balaban J connectivity index is 2.44. The average Bonchev–Trinajstić information content (AvgIpc) is 2.38. The Hall–Kier alpha value is -2.14. The Bertz CT molecular complexity index is 561. The predicted octanol–water partition coefficient (Wildman–Crippen LogP) is 0.904. The molecule has 5 nitrogen and oxygen atoms in total. The lowest BCUT2D eigenvalue weighted by Gasteiger charge is -2.04. The molecule has 88 valence electrons. The summed E-state index contributed by atoms with van der Waals surface area (Å²) >= 11 is 0. The van der Waals surface area contributed by atoms with Crippen molar-refractivity contribution in [3.05, 3.63) is 46.4 Å². The molecule has 1 aromatic carbocycles. The fourth-order valence-corrected chi connectivity index (χ4v) is 1.50. The number of hydrogen-bond acceptors (Lipinski definition) is 4. The summed E-state index contributed by atoms with van der Waals surface area (Å²) in [5.41, 5.74) is 6.66. The lowest BCUT2D eigenvalue weighted by atomic mass is 10.2. The van der Waals surface area contributed by atoms with Crippen molar-refractivity contribution in [2.75, 3.05) is 7.11 Å². The van der Waals surface area contributed by atoms with Gasteiger partial charge < -0.3 is 15.5 Å². The molecule has 17 heavy (non-hydrogen) atoms. The van der Waals surface area contributed by atoms with Crippen molar-refractivity contribution in [3.8, 4) is 17.1 Å². The van der Waals surface area contributed by atoms with Gasteiger partial charge in [-0.2, -0.15) is 0 Å². The van der Waals surface area contributed by atoms with E-state index in [4.69, 9.17) is 10.5 Å². The second kappa shape index (κ2) is 4.80. The second-order valence-corrected chi connectivity index (χ2v) is 3.52. The molecule has 0 fully saturated rings. The zero-order valence-electron chi connectivity index (χ0n) is 9.43. The largest absolute Gasteiger partial charge is 0.497 e. The first-order valence-corrected chi connectivity index (χ1v) is 5.17. The Morgan fingerprint density at radius 2 is 2.06 bits per heavy atom. The van der Waals surface area contributed by atoms with Gasteiger partial charge in [-0.05, 0) is 24.3 Å². The first-order valence-electron chi connectivity index (χ1n) is 5.17. The van der Waals surface area contributed by atoms with Crippen LogP contribution in [-0.2, 0) is 6.54 Å². The van der Waals surface area contributed by atoms with Gasteiger partial charge in [0.2, 0.25) is 0 Å². The maximum Gasteiger partial charge on any atom is 0.251 e. The maximum atomic E-state index is 11.4. The van der Waals surface area contributed by atoms with Gasteiger partial charge in [0, 0.05) is 18.2 Å². The second-order valence-electron chi connectivity index (χ2n) is 3.52. The van der Waals surface area contributed by atoms with Gasteiger partial charge in [0.05, 0.1) is 12.8 Å². The minimum absolute atomic E-state index is 0.203. The van der Waals surface area contributed by atoms with Crippen LogP contribution in [0.15, 0.2) is 35.1 Å². The van der Waals surface area contributed by atoms with Gasteiger partial charge in [-0.3, -0.25) is 4.79 Å². The molecule has 0 radical (unpaired) electrons. The van der Waals surface area contributed by atoms with Crippen molar-refractivity contribution in [1.82, 2.24) is 9.97 Å². The minimum atomic E-state index is -0.203. The van der Waals surface area contributed by atoms with Crippen LogP contribution in [0.5, 0.6) is 5.75 Å². The van der Waals surface area contributed by atoms with Crippen LogP contribution in [0.2, 0.25) is 0 Å². The standard InChI is InChI=1S/C12H13N3O2/c1-17-10-4-2-8(3-5-10)12-14-9(7-13)6-11(16)15-12/h2-6H,7,13H2,1H3,(H,14,15,16). The highest BCUT2D eigenvalue weighted by molar-refractivity contribution is 5.56. The quantitative estimate of drug-likeness (QED) is 0.822. The molecule has 0 saturated carbocycles. The van der Waals surface area contributed by atoms with Crippen LogP contribution in [0.25, 0.3) is 11.4 Å². The van der Waals surface area contributed by atoms with E-state index in [9.17, 15) is 4.79 Å². The smallest absolute Gasteiger partial charge is 0.251 e. The van der Waals surface area contributed by atoms with Gasteiger partial charge in [-0.1, -0.05) is 0 Å². The van der Waals surface area contributed by atoms with Crippen molar-refractivity contribution >= 4 is 0 Å². The molecule has 0 amide bonds. The summed E-state index contributed by atoms with van der Waals surface area (Å²) in [6, 6.07) is 8.68. The Morgan fingerprint density at radius 1 is 1.35 bits per heavy atom. The van der Waals surface area contributed by atoms with Crippen LogP contribution in [0.3, 0.4) is 0 Å². The van der Waals surface area contributed by atoms with E-state index >= 15 is 0 Å². The molecule has 0 saturated heterocycles. The van der Waals surface area contributed by atoms with Gasteiger partial charge in [0.15, 0.2) is 0 Å². The fraction of sp³-hybridized carbons (Fsp3) is 0.167. The molecule has 5 heteroatoms. The normalized spacial score (nSPS) is 10.2. The molecular formula is C12H13N3O2. The van der Waals surface area contributed by atoms with Crippen molar-refractivity contribution < 1.29 is 4.74 Å². The Labute approximate surface area is 98.3 Å². The summed E-state index contributed by atoms with van der Waals surface area (Å²) in [7, 11) is 1.60. The zero-order valence-corrected chi connectivity index (χ0v) is 9.43. The number of nitrogens with two attached hydrogens (primary N) is 1. The van der Waals surface area contributed by atoms with E-state index in [1.54, 1.807) is 7.11 Å². The maximum absolute atomic E-state index is 11.4. The van der Waals surface area contributed by atoms with Crippen molar-refractivity contribution in [2.24, 2.45) is 5.73 Å². The number of rotatable bonds is 3. The molecule has 0 unspecified atom stereocenters. The van der Waals surface area contributed by atoms with E-state index in [0.29, 0.717) is 11.5 Å². The average molecular weight is 231 g/mol. The van der Waals surface area contributed by atoms with Crippen LogP contribution in [-0.4, -0.2) is 17.1 Å². The van der Waals surface area contributed by atoms with Gasteiger partial charge in [0.25, 0.3) is 5.56 Å². The molecule has 2 aromatic rings. The van der Waals surface area contributed by atoms with E-state index in [1.165, 1.54) is 6.07 Å². The van der Waals surface area contributed by atoms with Gasteiger partial charge in [-0.25, -0.2) is 4.98 Å². The third-order valence-corrected chi connectivity index (χ3v) is 2.37. The number of aromatic nitrogens is 2. The predicted molar refractivity (Wildman–Crippen MR) is 64.7 cm³/mol. The monoisotopic (exact) mass is 231 g/mol. The summed E-state index contributed by atoms with van der Waals surface area (Å²) in [5, 5.41) is 0. The van der Waals surface area contributed by atoms with Crippen LogP contribution < -0.4 is 16.0 Å². The van der Waals surface area contributed by atoms with E-state index in [2.05, 4.69) is 9.97 Å². The summed E-state index contributed by atoms with van der Waals surface area (Å²) < 4.78 is 5.06. The van der Waals surface area contributed by atoms with Gasteiger partial charge in [0.1, 0.15) is 11.6 Å². The van der Waals surface area contributed by atoms with E-state index in [0.717, 1.165) is 11.3 Å². The number of methoxy groups -OCH3 is 1. The number of H-pyrrole nitrogens is 1. The van der Waals surface area contributed by atoms with Crippen molar-refractivity contribution in [2.45, 2.75) is 6.54 Å². The molecule has 1 heterocycles. The SMILES string of the molecule is COc1ccc(-c2nc(CN)cc(=O)[nH]2)cc1. The molecule has 0 aliphatic rings. The lowest BCUT2D eigenvalue weighted by Crippen LogP contribution is -2.12. The number of nitrogens with zero attached hydrogens (tertiary/aromatic N) is 1. The molecule has 0 spiro atoms. The Kier molecular flexibility index (Phi) is 3.20. The molecular weight excluding hydrogens is 218 g/mol. The molecule has 0 aliphatic carbocycles. The topological polar surface area (TPSA) is 81.0 Å². The van der Waals surface area contributed by atoms with E-state index in [-0.39, 0.29) is 12.1 Å². The third kappa shape index (κ3) is 2.51. The number of aromatic amines is 1. The number of nitrogens with one attached hydrogen (secondary N) is 1. The lowest BCUT2D eigenvalue weighted by molar-refractivity contribution is 0.415. The van der Waals surface area contributed by atoms with Crippen LogP contribution in [0.1, 0.15) is 5.69 Å². The summed E-state index contributed by atoms with van der Waals surface area (Å²) in [5.74, 6) is 1.27. The number of ether oxygens (including phenoxy) is 1.